The van der Waals surface area contributed by atoms with Crippen molar-refractivity contribution in [3.05, 3.63) is 71.2 Å². The minimum absolute atomic E-state index is 0.0485. The molecule has 0 saturated carbocycles. The highest BCUT2D eigenvalue weighted by Crippen LogP contribution is 2.30. The van der Waals surface area contributed by atoms with E-state index in [-0.39, 0.29) is 11.7 Å². The lowest BCUT2D eigenvalue weighted by Gasteiger charge is -2.34. The van der Waals surface area contributed by atoms with Crippen LogP contribution in [-0.4, -0.2) is 41.9 Å². The lowest BCUT2D eigenvalue weighted by Crippen LogP contribution is -2.48. The molecular formula is C20H19FN2O2S. The lowest BCUT2D eigenvalue weighted by molar-refractivity contribution is 0.0599. The van der Waals surface area contributed by atoms with Crippen molar-refractivity contribution in [3.63, 3.8) is 0 Å². The fraction of sp³-hybridized carbons (Fsp3) is 0.250. The maximum Gasteiger partial charge on any atom is 0.289 e. The number of halogens is 1. The predicted octanol–water partition coefficient (Wildman–Crippen LogP) is 4.11. The second-order valence-corrected chi connectivity index (χ2v) is 7.46. The van der Waals surface area contributed by atoms with Gasteiger partial charge < -0.3 is 9.32 Å². The third-order valence-corrected chi connectivity index (χ3v) is 5.68. The van der Waals surface area contributed by atoms with Crippen molar-refractivity contribution in [2.24, 2.45) is 0 Å². The molecule has 1 fully saturated rings. The van der Waals surface area contributed by atoms with Gasteiger partial charge in [0.25, 0.3) is 5.91 Å². The first-order chi connectivity index (χ1) is 12.7. The van der Waals surface area contributed by atoms with E-state index in [9.17, 15) is 9.18 Å². The maximum atomic E-state index is 13.9. The highest BCUT2D eigenvalue weighted by Gasteiger charge is 2.24. The van der Waals surface area contributed by atoms with Gasteiger partial charge in [0, 0.05) is 48.0 Å². The van der Waals surface area contributed by atoms with Gasteiger partial charge in [0.15, 0.2) is 5.76 Å². The molecule has 4 nitrogen and oxygen atoms in total. The fourth-order valence-electron chi connectivity index (χ4n) is 3.15. The van der Waals surface area contributed by atoms with Crippen LogP contribution in [0.3, 0.4) is 0 Å². The number of amides is 1. The van der Waals surface area contributed by atoms with E-state index in [1.54, 1.807) is 29.5 Å². The molecule has 0 atom stereocenters. The number of nitrogens with zero attached hydrogens (tertiary/aromatic N) is 2. The van der Waals surface area contributed by atoms with Crippen LogP contribution in [-0.2, 0) is 6.54 Å². The first-order valence-corrected chi connectivity index (χ1v) is 9.41. The molecule has 0 N–H and O–H groups in total. The van der Waals surface area contributed by atoms with Crippen molar-refractivity contribution < 1.29 is 13.6 Å². The molecule has 0 spiro atoms. The van der Waals surface area contributed by atoms with Crippen LogP contribution in [0, 0.1) is 5.82 Å². The summed E-state index contributed by atoms with van der Waals surface area (Å²) in [5.74, 6) is 0.157. The van der Waals surface area contributed by atoms with Crippen LogP contribution >= 0.6 is 11.3 Å². The van der Waals surface area contributed by atoms with Gasteiger partial charge in [-0.3, -0.25) is 9.69 Å². The van der Waals surface area contributed by atoms with Gasteiger partial charge in [0.1, 0.15) is 5.82 Å². The van der Waals surface area contributed by atoms with Crippen LogP contribution in [0.25, 0.3) is 10.4 Å². The van der Waals surface area contributed by atoms with Crippen molar-refractivity contribution in [2.45, 2.75) is 6.54 Å². The zero-order chi connectivity index (χ0) is 17.9. The molecule has 0 bridgehead atoms. The molecule has 1 amide bonds. The first kappa shape index (κ1) is 17.0. The van der Waals surface area contributed by atoms with Gasteiger partial charge in [-0.25, -0.2) is 4.39 Å². The Labute approximate surface area is 155 Å². The standard InChI is InChI=1S/C20H19FN2O2S/c21-17-5-2-1-4-16(17)19-8-7-15(26-19)14-22-9-11-23(12-10-22)20(24)18-6-3-13-25-18/h1-8,13H,9-12,14H2. The van der Waals surface area contributed by atoms with E-state index in [1.165, 1.54) is 17.2 Å². The van der Waals surface area contributed by atoms with E-state index < -0.39 is 0 Å². The normalized spacial score (nSPS) is 15.3. The topological polar surface area (TPSA) is 36.7 Å². The van der Waals surface area contributed by atoms with Gasteiger partial charge in [-0.1, -0.05) is 18.2 Å². The lowest BCUT2D eigenvalue weighted by atomic mass is 10.2. The molecule has 0 unspecified atom stereocenters. The molecule has 26 heavy (non-hydrogen) atoms. The summed E-state index contributed by atoms with van der Waals surface area (Å²) < 4.78 is 19.1. The van der Waals surface area contributed by atoms with Crippen LogP contribution in [0.4, 0.5) is 4.39 Å². The van der Waals surface area contributed by atoms with Crippen LogP contribution in [0.2, 0.25) is 0 Å². The summed E-state index contributed by atoms with van der Waals surface area (Å²) >= 11 is 1.62. The number of furan rings is 1. The molecular weight excluding hydrogens is 351 g/mol. The van der Waals surface area contributed by atoms with Crippen LogP contribution in [0.15, 0.2) is 59.2 Å². The summed E-state index contributed by atoms with van der Waals surface area (Å²) in [6.07, 6.45) is 1.52. The SMILES string of the molecule is O=C(c1ccco1)N1CCN(Cc2ccc(-c3ccccc3F)s2)CC1. The Balaban J connectivity index is 1.35. The summed E-state index contributed by atoms with van der Waals surface area (Å²) in [5, 5.41) is 0. The van der Waals surface area contributed by atoms with Crippen LogP contribution in [0.5, 0.6) is 0 Å². The molecule has 134 valence electrons. The monoisotopic (exact) mass is 370 g/mol. The summed E-state index contributed by atoms with van der Waals surface area (Å²) in [4.78, 5) is 18.6. The molecule has 1 aliphatic heterocycles. The number of thiophene rings is 1. The Morgan fingerprint density at radius 3 is 2.58 bits per heavy atom. The number of benzene rings is 1. The van der Waals surface area contributed by atoms with Crippen molar-refractivity contribution in [1.29, 1.82) is 0 Å². The number of carbonyl (C=O) groups excluding carboxylic acids is 1. The zero-order valence-corrected chi connectivity index (χ0v) is 15.0. The number of hydrogen-bond acceptors (Lipinski definition) is 4. The third-order valence-electron chi connectivity index (χ3n) is 4.57. The molecule has 6 heteroatoms. The molecule has 3 heterocycles. The van der Waals surface area contributed by atoms with Crippen molar-refractivity contribution in [2.75, 3.05) is 26.2 Å². The number of piperazine rings is 1. The van der Waals surface area contributed by atoms with E-state index in [0.717, 1.165) is 24.5 Å². The Morgan fingerprint density at radius 2 is 1.85 bits per heavy atom. The summed E-state index contributed by atoms with van der Waals surface area (Å²) in [6, 6.07) is 14.3. The summed E-state index contributed by atoms with van der Waals surface area (Å²) in [6.45, 7) is 3.83. The van der Waals surface area contributed by atoms with Crippen LogP contribution in [0.1, 0.15) is 15.4 Å². The van der Waals surface area contributed by atoms with Gasteiger partial charge in [0.05, 0.1) is 6.26 Å². The third kappa shape index (κ3) is 3.57. The quantitative estimate of drug-likeness (QED) is 0.694. The Bertz CT molecular complexity index is 883. The molecule has 1 saturated heterocycles. The average Bonchev–Trinajstić information content (AvgIpc) is 3.34. The van der Waals surface area contributed by atoms with E-state index in [0.29, 0.717) is 24.4 Å². The van der Waals surface area contributed by atoms with E-state index >= 15 is 0 Å². The average molecular weight is 370 g/mol. The molecule has 4 rings (SSSR count). The Morgan fingerprint density at radius 1 is 1.04 bits per heavy atom. The van der Waals surface area contributed by atoms with Gasteiger partial charge in [-0.15, -0.1) is 11.3 Å². The minimum Gasteiger partial charge on any atom is -0.459 e. The van der Waals surface area contributed by atoms with Gasteiger partial charge in [0.2, 0.25) is 0 Å². The minimum atomic E-state index is -0.189. The van der Waals surface area contributed by atoms with E-state index in [4.69, 9.17) is 4.42 Å². The Hall–Kier alpha value is -2.44. The fourth-order valence-corrected chi connectivity index (χ4v) is 4.23. The van der Waals surface area contributed by atoms with E-state index in [2.05, 4.69) is 11.0 Å². The Kier molecular flexibility index (Phi) is 4.86. The highest BCUT2D eigenvalue weighted by molar-refractivity contribution is 7.15. The maximum absolute atomic E-state index is 13.9. The zero-order valence-electron chi connectivity index (χ0n) is 14.2. The second-order valence-electron chi connectivity index (χ2n) is 6.29. The van der Waals surface area contributed by atoms with Crippen molar-refractivity contribution >= 4 is 17.2 Å². The number of hydrogen-bond donors (Lipinski definition) is 0. The first-order valence-electron chi connectivity index (χ1n) is 8.59. The highest BCUT2D eigenvalue weighted by atomic mass is 32.1. The van der Waals surface area contributed by atoms with Gasteiger partial charge >= 0.3 is 0 Å². The number of rotatable bonds is 4. The number of carbonyl (C=O) groups is 1. The molecule has 1 aliphatic rings. The molecule has 1 aromatic carbocycles. The van der Waals surface area contributed by atoms with Crippen molar-refractivity contribution in [1.82, 2.24) is 9.80 Å². The molecule has 2 aromatic heterocycles. The molecule has 0 aliphatic carbocycles. The molecule has 3 aromatic rings. The molecule has 0 radical (unpaired) electrons. The van der Waals surface area contributed by atoms with Crippen molar-refractivity contribution in [3.8, 4) is 10.4 Å². The predicted molar refractivity (Wildman–Crippen MR) is 99.6 cm³/mol. The van der Waals surface area contributed by atoms with Gasteiger partial charge in [-0.2, -0.15) is 0 Å². The van der Waals surface area contributed by atoms with E-state index in [1.807, 2.05) is 23.1 Å². The largest absolute Gasteiger partial charge is 0.459 e. The smallest absolute Gasteiger partial charge is 0.289 e. The summed E-state index contributed by atoms with van der Waals surface area (Å²) in [7, 11) is 0. The van der Waals surface area contributed by atoms with Crippen LogP contribution < -0.4 is 0 Å². The summed E-state index contributed by atoms with van der Waals surface area (Å²) in [5.41, 5.74) is 0.651. The van der Waals surface area contributed by atoms with Gasteiger partial charge in [-0.05, 0) is 30.3 Å². The second kappa shape index (κ2) is 7.43.